The summed E-state index contributed by atoms with van der Waals surface area (Å²) in [4.78, 5) is 12.9. The number of aliphatic hydroxyl groups excluding tert-OH is 1. The van der Waals surface area contributed by atoms with Gasteiger partial charge >= 0.3 is 0 Å². The average molecular weight is 528 g/mol. The fourth-order valence-corrected chi connectivity index (χ4v) is 4.40. The Labute approximate surface area is 222 Å². The molecule has 3 aromatic carbocycles. The highest BCUT2D eigenvalue weighted by Gasteiger charge is 2.27. The molecule has 0 aliphatic heterocycles. The van der Waals surface area contributed by atoms with E-state index < -0.39 is 11.0 Å². The molecule has 37 heavy (non-hydrogen) atoms. The van der Waals surface area contributed by atoms with Gasteiger partial charge in [0.05, 0.1) is 18.1 Å². The number of aliphatic hydroxyl groups is 1. The Hall–Kier alpha value is -3.17. The predicted octanol–water partition coefficient (Wildman–Crippen LogP) is 5.09. The predicted molar refractivity (Wildman–Crippen MR) is 146 cm³/mol. The summed E-state index contributed by atoms with van der Waals surface area (Å²) in [5.41, 5.74) is 1.62. The molecule has 198 valence electrons. The summed E-state index contributed by atoms with van der Waals surface area (Å²) in [6, 6.07) is 21.4. The third-order valence-electron chi connectivity index (χ3n) is 6.01. The molecule has 0 radical (unpaired) electrons. The Bertz CT molecular complexity index is 1160. The number of likely N-dealkylation sites (N-methyl/N-ethyl adjacent to an activating group) is 1. The number of β-amino-alcohol motifs (C(OH)–C–C–N with tert-alkyl or cyclic N) is 1. The van der Waals surface area contributed by atoms with Gasteiger partial charge in [0.2, 0.25) is 0 Å². The molecule has 0 saturated carbocycles. The highest BCUT2D eigenvalue weighted by Crippen LogP contribution is 2.31. The number of methoxy groups -OCH3 is 1. The molecule has 0 bridgehead atoms. The first-order valence-corrected chi connectivity index (χ1v) is 12.4. The van der Waals surface area contributed by atoms with Gasteiger partial charge in [-0.25, -0.2) is 0 Å². The Kier molecular flexibility index (Phi) is 9.88. The van der Waals surface area contributed by atoms with E-state index in [-0.39, 0.29) is 23.9 Å². The van der Waals surface area contributed by atoms with E-state index in [1.807, 2.05) is 43.4 Å². The first-order valence-electron chi connectivity index (χ1n) is 12.0. The lowest BCUT2D eigenvalue weighted by Gasteiger charge is -2.37. The number of hydrogen-bond donors (Lipinski definition) is 2. The van der Waals surface area contributed by atoms with E-state index in [9.17, 15) is 15.2 Å². The molecule has 0 fully saturated rings. The molecule has 8 nitrogen and oxygen atoms in total. The van der Waals surface area contributed by atoms with E-state index in [1.54, 1.807) is 31.4 Å². The Morgan fingerprint density at radius 3 is 2.16 bits per heavy atom. The number of nitrogens with one attached hydrogen (secondary N) is 1. The van der Waals surface area contributed by atoms with Crippen molar-refractivity contribution < 1.29 is 19.5 Å². The summed E-state index contributed by atoms with van der Waals surface area (Å²) in [5.74, 6) is 1.20. The SMILES string of the molecule is COc1ccccc1OCC(O)CNC(C)(C)CN(C)C(c1ccc(Cl)cc1)c1ccc([N+](=O)[O-])cc1. The molecule has 0 amide bonds. The minimum absolute atomic E-state index is 0.0487. The van der Waals surface area contributed by atoms with Crippen LogP contribution in [0.1, 0.15) is 31.0 Å². The van der Waals surface area contributed by atoms with Crippen molar-refractivity contribution in [2.45, 2.75) is 31.5 Å². The molecule has 3 rings (SSSR count). The quantitative estimate of drug-likeness (QED) is 0.236. The van der Waals surface area contributed by atoms with E-state index >= 15 is 0 Å². The molecule has 2 N–H and O–H groups in total. The van der Waals surface area contributed by atoms with Gasteiger partial charge in [0, 0.05) is 35.8 Å². The second kappa shape index (κ2) is 12.9. The van der Waals surface area contributed by atoms with Crippen molar-refractivity contribution in [2.24, 2.45) is 0 Å². The molecule has 2 unspecified atom stereocenters. The van der Waals surface area contributed by atoms with Gasteiger partial charge in [0.1, 0.15) is 12.7 Å². The van der Waals surface area contributed by atoms with Gasteiger partial charge in [-0.05, 0) is 56.3 Å². The smallest absolute Gasteiger partial charge is 0.269 e. The molecule has 0 heterocycles. The van der Waals surface area contributed by atoms with Gasteiger partial charge < -0.3 is 19.9 Å². The van der Waals surface area contributed by atoms with Crippen LogP contribution < -0.4 is 14.8 Å². The molecule has 0 saturated heterocycles. The Morgan fingerprint density at radius 1 is 1.03 bits per heavy atom. The lowest BCUT2D eigenvalue weighted by atomic mass is 9.95. The first-order chi connectivity index (χ1) is 17.6. The number of para-hydroxylation sites is 2. The molecule has 9 heteroatoms. The first kappa shape index (κ1) is 28.4. The zero-order valence-electron chi connectivity index (χ0n) is 21.6. The van der Waals surface area contributed by atoms with Crippen LogP contribution >= 0.6 is 11.6 Å². The summed E-state index contributed by atoms with van der Waals surface area (Å²) < 4.78 is 11.0. The van der Waals surface area contributed by atoms with Crippen LogP contribution in [0.15, 0.2) is 72.8 Å². The molecule has 0 aliphatic rings. The van der Waals surface area contributed by atoms with Crippen LogP contribution in [0.4, 0.5) is 5.69 Å². The number of nitrogens with zero attached hydrogens (tertiary/aromatic N) is 2. The topological polar surface area (TPSA) is 97.1 Å². The molecular weight excluding hydrogens is 494 g/mol. The number of nitro benzene ring substituents is 1. The van der Waals surface area contributed by atoms with Gasteiger partial charge in [-0.1, -0.05) is 48.0 Å². The third kappa shape index (κ3) is 8.16. The monoisotopic (exact) mass is 527 g/mol. The van der Waals surface area contributed by atoms with Gasteiger partial charge in [-0.3, -0.25) is 15.0 Å². The summed E-state index contributed by atoms with van der Waals surface area (Å²) >= 11 is 6.12. The highest BCUT2D eigenvalue weighted by atomic mass is 35.5. The highest BCUT2D eigenvalue weighted by molar-refractivity contribution is 6.30. The summed E-state index contributed by atoms with van der Waals surface area (Å²) in [6.07, 6.45) is -0.726. The van der Waals surface area contributed by atoms with E-state index in [2.05, 4.69) is 24.1 Å². The van der Waals surface area contributed by atoms with Crippen LogP contribution in [0, 0.1) is 10.1 Å². The second-order valence-electron chi connectivity index (χ2n) is 9.60. The standard InChI is InChI=1S/C28H34ClN3O5/c1-28(2,30-17-24(33)18-37-26-8-6-5-7-25(26)36-4)19-31(3)27(20-9-13-22(29)14-10-20)21-11-15-23(16-12-21)32(34)35/h5-16,24,27,30,33H,17-19H2,1-4H3. The fraction of sp³-hybridized carbons (Fsp3) is 0.357. The van der Waals surface area contributed by atoms with Crippen molar-refractivity contribution in [1.82, 2.24) is 10.2 Å². The number of rotatable bonds is 13. The van der Waals surface area contributed by atoms with Crippen molar-refractivity contribution >= 4 is 17.3 Å². The van der Waals surface area contributed by atoms with E-state index in [1.165, 1.54) is 12.1 Å². The maximum absolute atomic E-state index is 11.1. The number of nitro groups is 1. The van der Waals surface area contributed by atoms with Crippen LogP contribution in [0.3, 0.4) is 0 Å². The van der Waals surface area contributed by atoms with Gasteiger partial charge in [-0.2, -0.15) is 0 Å². The molecule has 2 atom stereocenters. The number of hydrogen-bond acceptors (Lipinski definition) is 7. The number of halogens is 1. The molecular formula is C28H34ClN3O5. The third-order valence-corrected chi connectivity index (χ3v) is 6.26. The minimum atomic E-state index is -0.726. The van der Waals surface area contributed by atoms with E-state index in [4.69, 9.17) is 21.1 Å². The van der Waals surface area contributed by atoms with Crippen LogP contribution in [-0.4, -0.2) is 60.4 Å². The zero-order valence-corrected chi connectivity index (χ0v) is 22.3. The van der Waals surface area contributed by atoms with Crippen LogP contribution in [0.5, 0.6) is 11.5 Å². The van der Waals surface area contributed by atoms with Crippen molar-refractivity contribution in [1.29, 1.82) is 0 Å². The number of non-ortho nitro benzene ring substituents is 1. The minimum Gasteiger partial charge on any atom is -0.493 e. The van der Waals surface area contributed by atoms with E-state index in [0.29, 0.717) is 29.6 Å². The van der Waals surface area contributed by atoms with Crippen LogP contribution in [-0.2, 0) is 0 Å². The lowest BCUT2D eigenvalue weighted by molar-refractivity contribution is -0.384. The largest absolute Gasteiger partial charge is 0.493 e. The van der Waals surface area contributed by atoms with Crippen LogP contribution in [0.25, 0.3) is 0 Å². The second-order valence-corrected chi connectivity index (χ2v) is 10.0. The summed E-state index contributed by atoms with van der Waals surface area (Å²) in [5, 5.41) is 25.7. The molecule has 0 aromatic heterocycles. The Morgan fingerprint density at radius 2 is 1.59 bits per heavy atom. The Balaban J connectivity index is 1.66. The maximum atomic E-state index is 11.1. The van der Waals surface area contributed by atoms with Gasteiger partial charge in [0.15, 0.2) is 11.5 Å². The normalized spacial score (nSPS) is 13.3. The van der Waals surface area contributed by atoms with Crippen molar-refractivity contribution in [2.75, 3.05) is 33.9 Å². The number of ether oxygens (including phenoxy) is 2. The fourth-order valence-electron chi connectivity index (χ4n) is 4.27. The maximum Gasteiger partial charge on any atom is 0.269 e. The zero-order chi connectivity index (χ0) is 27.0. The van der Waals surface area contributed by atoms with Crippen molar-refractivity contribution in [3.63, 3.8) is 0 Å². The van der Waals surface area contributed by atoms with Gasteiger partial charge in [0.25, 0.3) is 5.69 Å². The van der Waals surface area contributed by atoms with E-state index in [0.717, 1.165) is 11.1 Å². The summed E-state index contributed by atoms with van der Waals surface area (Å²) in [6.45, 7) is 5.20. The van der Waals surface area contributed by atoms with Crippen molar-refractivity contribution in [3.8, 4) is 11.5 Å². The number of benzene rings is 3. The van der Waals surface area contributed by atoms with Gasteiger partial charge in [-0.15, -0.1) is 0 Å². The molecule has 0 aliphatic carbocycles. The summed E-state index contributed by atoms with van der Waals surface area (Å²) in [7, 11) is 3.58. The lowest BCUT2D eigenvalue weighted by Crippen LogP contribution is -2.51. The van der Waals surface area contributed by atoms with Crippen LogP contribution in [0.2, 0.25) is 5.02 Å². The average Bonchev–Trinajstić information content (AvgIpc) is 2.87. The molecule has 3 aromatic rings. The molecule has 0 spiro atoms. The van der Waals surface area contributed by atoms with Crippen molar-refractivity contribution in [3.05, 3.63) is 99.1 Å².